The van der Waals surface area contributed by atoms with Crippen molar-refractivity contribution in [1.29, 1.82) is 0 Å². The van der Waals surface area contributed by atoms with Crippen LogP contribution in [0.5, 0.6) is 0 Å². The van der Waals surface area contributed by atoms with E-state index >= 15 is 0 Å². The summed E-state index contributed by atoms with van der Waals surface area (Å²) in [6, 6.07) is 26.4. The minimum absolute atomic E-state index is 0.304. The molecular weight excluding hydrogens is 469 g/mol. The molecule has 5 rings (SSSR count). The standard InChI is InChI=1S/C26H19Cl2N5O/c27-22-12-7-13-23(28)20(22)16-32-15-14-24(30-32)29-26(34)21-17-33(19-10-5-2-6-11-19)31-25(21)18-8-3-1-4-9-18/h1-15,17H,16H2,(H,29,30,34). The average Bonchev–Trinajstić information content (AvgIpc) is 3.50. The molecule has 1 N–H and O–H groups in total. The Labute approximate surface area is 206 Å². The Balaban J connectivity index is 1.42. The Bertz CT molecular complexity index is 1420. The van der Waals surface area contributed by atoms with Crippen LogP contribution in [0.2, 0.25) is 10.0 Å². The normalized spacial score (nSPS) is 10.9. The lowest BCUT2D eigenvalue weighted by Gasteiger charge is -2.07. The molecule has 5 aromatic rings. The topological polar surface area (TPSA) is 64.7 Å². The van der Waals surface area contributed by atoms with Crippen LogP contribution in [0.1, 0.15) is 15.9 Å². The van der Waals surface area contributed by atoms with Gasteiger partial charge in [-0.15, -0.1) is 0 Å². The van der Waals surface area contributed by atoms with Crippen molar-refractivity contribution < 1.29 is 4.79 Å². The number of halogens is 2. The Morgan fingerprint density at radius 3 is 2.21 bits per heavy atom. The summed E-state index contributed by atoms with van der Waals surface area (Å²) in [6.45, 7) is 0.385. The van der Waals surface area contributed by atoms with Crippen LogP contribution in [0.4, 0.5) is 5.82 Å². The summed E-state index contributed by atoms with van der Waals surface area (Å²) in [5, 5.41) is 13.2. The fourth-order valence-corrected chi connectivity index (χ4v) is 4.12. The van der Waals surface area contributed by atoms with E-state index in [1.807, 2.05) is 60.7 Å². The number of hydrogen-bond acceptors (Lipinski definition) is 3. The van der Waals surface area contributed by atoms with Crippen molar-refractivity contribution in [2.45, 2.75) is 6.54 Å². The van der Waals surface area contributed by atoms with Gasteiger partial charge in [0.15, 0.2) is 5.82 Å². The SMILES string of the molecule is O=C(Nc1ccn(Cc2c(Cl)cccc2Cl)n1)c1cn(-c2ccccc2)nc1-c1ccccc1. The first-order valence-electron chi connectivity index (χ1n) is 10.6. The van der Waals surface area contributed by atoms with Gasteiger partial charge in [0.1, 0.15) is 5.69 Å². The molecule has 34 heavy (non-hydrogen) atoms. The van der Waals surface area contributed by atoms with Gasteiger partial charge in [-0.2, -0.15) is 10.2 Å². The van der Waals surface area contributed by atoms with Crippen LogP contribution < -0.4 is 5.32 Å². The number of anilines is 1. The van der Waals surface area contributed by atoms with Crippen LogP contribution in [0.3, 0.4) is 0 Å². The molecule has 0 aliphatic heterocycles. The molecular formula is C26H19Cl2N5O. The van der Waals surface area contributed by atoms with Crippen LogP contribution in [-0.2, 0) is 6.54 Å². The second-order valence-electron chi connectivity index (χ2n) is 7.59. The maximum absolute atomic E-state index is 13.3. The van der Waals surface area contributed by atoms with Crippen molar-refractivity contribution in [2.24, 2.45) is 0 Å². The van der Waals surface area contributed by atoms with Gasteiger partial charge in [-0.3, -0.25) is 9.48 Å². The van der Waals surface area contributed by atoms with E-state index in [2.05, 4.69) is 10.4 Å². The quantitative estimate of drug-likeness (QED) is 0.303. The van der Waals surface area contributed by atoms with Crippen LogP contribution in [-0.4, -0.2) is 25.5 Å². The monoisotopic (exact) mass is 487 g/mol. The van der Waals surface area contributed by atoms with E-state index in [0.29, 0.717) is 33.7 Å². The number of nitrogens with zero attached hydrogens (tertiary/aromatic N) is 4. The van der Waals surface area contributed by atoms with Crippen LogP contribution in [0, 0.1) is 0 Å². The van der Waals surface area contributed by atoms with E-state index in [1.54, 1.807) is 46.0 Å². The number of nitrogens with one attached hydrogen (secondary N) is 1. The molecule has 0 atom stereocenters. The minimum Gasteiger partial charge on any atom is -0.305 e. The van der Waals surface area contributed by atoms with Gasteiger partial charge < -0.3 is 5.32 Å². The minimum atomic E-state index is -0.304. The Morgan fingerprint density at radius 1 is 0.824 bits per heavy atom. The molecule has 2 heterocycles. The smallest absolute Gasteiger partial charge is 0.260 e. The third kappa shape index (κ3) is 4.59. The van der Waals surface area contributed by atoms with E-state index in [1.165, 1.54) is 0 Å². The number of carbonyl (C=O) groups excluding carboxylic acids is 1. The van der Waals surface area contributed by atoms with Gasteiger partial charge in [-0.05, 0) is 24.3 Å². The summed E-state index contributed by atoms with van der Waals surface area (Å²) in [7, 11) is 0. The van der Waals surface area contributed by atoms with Crippen molar-refractivity contribution in [1.82, 2.24) is 19.6 Å². The van der Waals surface area contributed by atoms with Crippen molar-refractivity contribution in [3.05, 3.63) is 118 Å². The molecule has 3 aromatic carbocycles. The van der Waals surface area contributed by atoms with Crippen molar-refractivity contribution >= 4 is 34.9 Å². The van der Waals surface area contributed by atoms with Crippen LogP contribution in [0.15, 0.2) is 97.3 Å². The van der Waals surface area contributed by atoms with E-state index in [0.717, 1.165) is 16.8 Å². The maximum atomic E-state index is 13.3. The van der Waals surface area contributed by atoms with Gasteiger partial charge >= 0.3 is 0 Å². The molecule has 0 spiro atoms. The van der Waals surface area contributed by atoms with Gasteiger partial charge in [0.05, 0.1) is 17.8 Å². The molecule has 0 aliphatic rings. The predicted octanol–water partition coefficient (Wildman–Crippen LogP) is 6.34. The van der Waals surface area contributed by atoms with Gasteiger partial charge in [-0.1, -0.05) is 77.8 Å². The third-order valence-electron chi connectivity index (χ3n) is 5.29. The van der Waals surface area contributed by atoms with Crippen LogP contribution >= 0.6 is 23.2 Å². The van der Waals surface area contributed by atoms with Crippen molar-refractivity contribution in [2.75, 3.05) is 5.32 Å². The number of carbonyl (C=O) groups is 1. The highest BCUT2D eigenvalue weighted by molar-refractivity contribution is 6.36. The van der Waals surface area contributed by atoms with Gasteiger partial charge in [0.25, 0.3) is 5.91 Å². The lowest BCUT2D eigenvalue weighted by atomic mass is 10.1. The Kier molecular flexibility index (Phi) is 6.16. The van der Waals surface area contributed by atoms with Crippen molar-refractivity contribution in [3.63, 3.8) is 0 Å². The molecule has 6 nitrogen and oxygen atoms in total. The zero-order chi connectivity index (χ0) is 23.5. The zero-order valence-corrected chi connectivity index (χ0v) is 19.4. The first kappa shape index (κ1) is 21.9. The zero-order valence-electron chi connectivity index (χ0n) is 17.9. The molecule has 0 aliphatic carbocycles. The Morgan fingerprint density at radius 2 is 1.50 bits per heavy atom. The number of rotatable bonds is 6. The Hall–Kier alpha value is -3.87. The molecule has 2 aromatic heterocycles. The molecule has 0 saturated heterocycles. The van der Waals surface area contributed by atoms with E-state index in [9.17, 15) is 4.79 Å². The predicted molar refractivity (Wildman–Crippen MR) is 135 cm³/mol. The number of benzene rings is 3. The summed E-state index contributed by atoms with van der Waals surface area (Å²) in [5.74, 6) is 0.113. The molecule has 1 amide bonds. The summed E-state index contributed by atoms with van der Waals surface area (Å²) in [6.07, 6.45) is 3.49. The summed E-state index contributed by atoms with van der Waals surface area (Å²) in [5.41, 5.74) is 3.51. The molecule has 0 saturated carbocycles. The van der Waals surface area contributed by atoms with E-state index in [-0.39, 0.29) is 5.91 Å². The van der Waals surface area contributed by atoms with Gasteiger partial charge in [0.2, 0.25) is 0 Å². The summed E-state index contributed by atoms with van der Waals surface area (Å²) >= 11 is 12.5. The fraction of sp³-hybridized carbons (Fsp3) is 0.0385. The first-order valence-corrected chi connectivity index (χ1v) is 11.3. The fourth-order valence-electron chi connectivity index (χ4n) is 3.61. The second kappa shape index (κ2) is 9.55. The molecule has 0 unspecified atom stereocenters. The third-order valence-corrected chi connectivity index (χ3v) is 6.00. The largest absolute Gasteiger partial charge is 0.305 e. The van der Waals surface area contributed by atoms with E-state index < -0.39 is 0 Å². The lowest BCUT2D eigenvalue weighted by molar-refractivity contribution is 0.102. The van der Waals surface area contributed by atoms with E-state index in [4.69, 9.17) is 28.3 Å². The second-order valence-corrected chi connectivity index (χ2v) is 8.40. The number of aromatic nitrogens is 4. The highest BCUT2D eigenvalue weighted by Gasteiger charge is 2.19. The number of hydrogen-bond donors (Lipinski definition) is 1. The van der Waals surface area contributed by atoms with Gasteiger partial charge in [-0.25, -0.2) is 4.68 Å². The first-order chi connectivity index (χ1) is 16.6. The molecule has 8 heteroatoms. The summed E-state index contributed by atoms with van der Waals surface area (Å²) in [4.78, 5) is 13.3. The lowest BCUT2D eigenvalue weighted by Crippen LogP contribution is -2.13. The van der Waals surface area contributed by atoms with Crippen molar-refractivity contribution in [3.8, 4) is 16.9 Å². The number of para-hydroxylation sites is 1. The summed E-state index contributed by atoms with van der Waals surface area (Å²) < 4.78 is 3.38. The highest BCUT2D eigenvalue weighted by atomic mass is 35.5. The maximum Gasteiger partial charge on any atom is 0.260 e. The molecule has 168 valence electrons. The van der Waals surface area contributed by atoms with Gasteiger partial charge in [0, 0.05) is 39.6 Å². The molecule has 0 radical (unpaired) electrons. The molecule has 0 fully saturated rings. The molecule has 0 bridgehead atoms. The van der Waals surface area contributed by atoms with Crippen LogP contribution in [0.25, 0.3) is 16.9 Å². The highest BCUT2D eigenvalue weighted by Crippen LogP contribution is 2.26. The number of amides is 1. The average molecular weight is 488 g/mol.